The number of nitrogens with one attached hydrogen (secondary N) is 2. The van der Waals surface area contributed by atoms with Crippen molar-refractivity contribution in [2.45, 2.75) is 43.7 Å². The summed E-state index contributed by atoms with van der Waals surface area (Å²) >= 11 is 3.10. The van der Waals surface area contributed by atoms with E-state index in [4.69, 9.17) is 10.4 Å². The number of carboxylic acid groups (broad SMARTS) is 1. The number of pyridine rings is 1. The Morgan fingerprint density at radius 2 is 2.17 bits per heavy atom. The molecule has 0 spiro atoms. The molecule has 2 aromatic rings. The summed E-state index contributed by atoms with van der Waals surface area (Å²) < 4.78 is 14.0. The van der Waals surface area contributed by atoms with E-state index in [9.17, 15) is 19.3 Å². The quantitative estimate of drug-likeness (QED) is 0.440. The molecule has 1 heterocycles. The summed E-state index contributed by atoms with van der Waals surface area (Å²) in [6.45, 7) is 0. The molecule has 3 N–H and O–H groups in total. The smallest absolute Gasteiger partial charge is 0.405 e. The Bertz CT molecular complexity index is 1020. The number of aromatic nitrogens is 1. The third kappa shape index (κ3) is 4.37. The summed E-state index contributed by atoms with van der Waals surface area (Å²) in [6, 6.07) is 4.49. The number of benzene rings is 1. The van der Waals surface area contributed by atoms with Crippen LogP contribution in [-0.4, -0.2) is 32.7 Å². The van der Waals surface area contributed by atoms with Gasteiger partial charge in [-0.25, -0.2) is 14.2 Å². The maximum Gasteiger partial charge on any atom is 0.405 e. The lowest BCUT2D eigenvalue weighted by Gasteiger charge is -2.39. The third-order valence-electron chi connectivity index (χ3n) is 5.17. The molecule has 3 rings (SSSR count). The van der Waals surface area contributed by atoms with Gasteiger partial charge in [0.05, 0.1) is 32.9 Å². The van der Waals surface area contributed by atoms with E-state index in [1.54, 1.807) is 0 Å². The topological polar surface area (TPSA) is 141 Å². The number of fused-ring (bicyclic) bond motifs is 1. The number of anilines is 1. The van der Waals surface area contributed by atoms with Crippen molar-refractivity contribution in [2.75, 3.05) is 5.32 Å². The lowest BCUT2D eigenvalue weighted by atomic mass is 9.77. The first-order valence-electron chi connectivity index (χ1n) is 8.81. The molecule has 29 heavy (non-hydrogen) atoms. The number of rotatable bonds is 5. The molecular formula is C18H17BrFN5O4. The fourth-order valence-electron chi connectivity index (χ4n) is 3.71. The zero-order valence-corrected chi connectivity index (χ0v) is 16.7. The molecule has 0 unspecified atom stereocenters. The summed E-state index contributed by atoms with van der Waals surface area (Å²) in [5, 5.41) is 35.6. The molecule has 0 aliphatic heterocycles. The van der Waals surface area contributed by atoms with E-state index in [-0.39, 0.29) is 33.8 Å². The van der Waals surface area contributed by atoms with Crippen LogP contribution in [0.2, 0.25) is 0 Å². The predicted octanol–water partition coefficient (Wildman–Crippen LogP) is 4.32. The van der Waals surface area contributed by atoms with Crippen LogP contribution in [-0.2, 0) is 0 Å². The van der Waals surface area contributed by atoms with E-state index in [0.717, 1.165) is 6.20 Å². The number of nitro groups is 1. The minimum atomic E-state index is -1.19. The zero-order valence-electron chi connectivity index (χ0n) is 15.1. The van der Waals surface area contributed by atoms with Crippen molar-refractivity contribution in [1.29, 1.82) is 5.26 Å². The lowest BCUT2D eigenvalue weighted by molar-refractivity contribution is -0.384. The highest BCUT2D eigenvalue weighted by Crippen LogP contribution is 2.38. The van der Waals surface area contributed by atoms with Gasteiger partial charge in [-0.15, -0.1) is 0 Å². The van der Waals surface area contributed by atoms with Crippen LogP contribution in [0.15, 0.2) is 22.8 Å². The Morgan fingerprint density at radius 1 is 1.48 bits per heavy atom. The van der Waals surface area contributed by atoms with E-state index in [1.165, 1.54) is 12.1 Å². The number of nitrogens with zero attached hydrogens (tertiary/aromatic N) is 3. The molecule has 152 valence electrons. The van der Waals surface area contributed by atoms with Crippen molar-refractivity contribution in [2.24, 2.45) is 0 Å². The summed E-state index contributed by atoms with van der Waals surface area (Å²) in [7, 11) is 0. The molecule has 1 aliphatic carbocycles. The van der Waals surface area contributed by atoms with E-state index in [1.807, 2.05) is 6.07 Å². The lowest BCUT2D eigenvalue weighted by Crippen LogP contribution is -2.51. The average Bonchev–Trinajstić information content (AvgIpc) is 2.64. The van der Waals surface area contributed by atoms with Crippen LogP contribution in [0.4, 0.5) is 20.6 Å². The van der Waals surface area contributed by atoms with E-state index < -0.39 is 22.4 Å². The number of hydrogen-bond donors (Lipinski definition) is 3. The van der Waals surface area contributed by atoms with Gasteiger partial charge in [0.2, 0.25) is 0 Å². The molecule has 0 bridgehead atoms. The van der Waals surface area contributed by atoms with Crippen molar-refractivity contribution in [3.05, 3.63) is 38.7 Å². The van der Waals surface area contributed by atoms with Gasteiger partial charge < -0.3 is 15.7 Å². The van der Waals surface area contributed by atoms with Crippen LogP contribution < -0.4 is 10.6 Å². The molecule has 11 heteroatoms. The summed E-state index contributed by atoms with van der Waals surface area (Å²) in [4.78, 5) is 26.0. The third-order valence-corrected chi connectivity index (χ3v) is 5.78. The van der Waals surface area contributed by atoms with Gasteiger partial charge in [-0.2, -0.15) is 5.26 Å². The Balaban J connectivity index is 1.90. The van der Waals surface area contributed by atoms with Gasteiger partial charge in [0.1, 0.15) is 17.7 Å². The Kier molecular flexibility index (Phi) is 5.83. The Labute approximate surface area is 173 Å². The predicted molar refractivity (Wildman–Crippen MR) is 106 cm³/mol. The van der Waals surface area contributed by atoms with Gasteiger partial charge in [-0.3, -0.25) is 10.1 Å². The molecule has 1 saturated carbocycles. The molecule has 1 amide bonds. The Hall–Kier alpha value is -3.00. The van der Waals surface area contributed by atoms with Gasteiger partial charge in [-0.1, -0.05) is 0 Å². The van der Waals surface area contributed by atoms with E-state index in [2.05, 4.69) is 31.5 Å². The Morgan fingerprint density at radius 3 is 2.76 bits per heavy atom. The van der Waals surface area contributed by atoms with Crippen molar-refractivity contribution < 1.29 is 19.2 Å². The number of hydrogen-bond acceptors (Lipinski definition) is 6. The fourth-order valence-corrected chi connectivity index (χ4v) is 4.05. The van der Waals surface area contributed by atoms with Crippen LogP contribution >= 0.6 is 15.9 Å². The molecule has 1 fully saturated rings. The summed E-state index contributed by atoms with van der Waals surface area (Å²) in [6.07, 6.45) is 1.80. The van der Waals surface area contributed by atoms with Crippen molar-refractivity contribution in [3.63, 3.8) is 0 Å². The van der Waals surface area contributed by atoms with E-state index >= 15 is 0 Å². The van der Waals surface area contributed by atoms with Crippen LogP contribution in [0.1, 0.15) is 32.1 Å². The maximum atomic E-state index is 13.8. The highest BCUT2D eigenvalue weighted by atomic mass is 79.9. The second-order valence-electron chi connectivity index (χ2n) is 7.02. The largest absolute Gasteiger partial charge is 0.465 e. The fraction of sp³-hybridized carbons (Fsp3) is 0.389. The van der Waals surface area contributed by atoms with Gasteiger partial charge in [0.25, 0.3) is 0 Å². The van der Waals surface area contributed by atoms with Crippen LogP contribution in [0.25, 0.3) is 10.9 Å². The minimum Gasteiger partial charge on any atom is -0.465 e. The molecule has 9 nitrogen and oxygen atoms in total. The maximum absolute atomic E-state index is 13.8. The number of halogens is 2. The number of amides is 1. The molecule has 0 saturated heterocycles. The standard InChI is InChI=1S/C18H17BrFN5O4/c19-12-7-11-14(8-13(12)20)22-9-15(25(28)29)16(11)23-10-1-3-18(4-2-10,5-6-21)24-17(26)27/h7-10,24H,1-5H2,(H,22,23)(H,26,27). The molecule has 1 aromatic carbocycles. The summed E-state index contributed by atoms with van der Waals surface area (Å²) in [5.74, 6) is -0.525. The molecule has 0 radical (unpaired) electrons. The highest BCUT2D eigenvalue weighted by Gasteiger charge is 2.37. The van der Waals surface area contributed by atoms with Crippen molar-refractivity contribution in [3.8, 4) is 6.07 Å². The molecule has 1 aromatic heterocycles. The van der Waals surface area contributed by atoms with Gasteiger partial charge in [0, 0.05) is 17.5 Å². The SMILES string of the molecule is N#CCC1(NC(=O)O)CCC(Nc2c([N+](=O)[O-])cnc3cc(F)c(Br)cc23)CC1. The normalized spacial score (nSPS) is 21.3. The zero-order chi connectivity index (χ0) is 21.2. The first-order chi connectivity index (χ1) is 13.7. The molecular weight excluding hydrogens is 449 g/mol. The van der Waals surface area contributed by atoms with Crippen LogP contribution in [0.5, 0.6) is 0 Å². The monoisotopic (exact) mass is 465 g/mol. The second-order valence-corrected chi connectivity index (χ2v) is 7.88. The minimum absolute atomic E-state index is 0.0522. The molecule has 0 atom stereocenters. The van der Waals surface area contributed by atoms with Crippen LogP contribution in [0, 0.1) is 27.3 Å². The number of carbonyl (C=O) groups is 1. The van der Waals surface area contributed by atoms with Gasteiger partial charge in [0.15, 0.2) is 0 Å². The van der Waals surface area contributed by atoms with Crippen molar-refractivity contribution in [1.82, 2.24) is 10.3 Å². The highest BCUT2D eigenvalue weighted by molar-refractivity contribution is 9.10. The average molecular weight is 466 g/mol. The second kappa shape index (κ2) is 8.16. The van der Waals surface area contributed by atoms with E-state index in [0.29, 0.717) is 31.1 Å². The van der Waals surface area contributed by atoms with Gasteiger partial charge >= 0.3 is 11.8 Å². The molecule has 1 aliphatic rings. The van der Waals surface area contributed by atoms with Crippen molar-refractivity contribution >= 4 is 44.3 Å². The number of nitriles is 1. The first-order valence-corrected chi connectivity index (χ1v) is 9.61. The van der Waals surface area contributed by atoms with Gasteiger partial charge in [-0.05, 0) is 47.7 Å². The first kappa shape index (κ1) is 20.7. The van der Waals surface area contributed by atoms with Crippen LogP contribution in [0.3, 0.4) is 0 Å². The summed E-state index contributed by atoms with van der Waals surface area (Å²) in [5.41, 5.74) is -0.531.